The molecule has 25 heavy (non-hydrogen) atoms. The third kappa shape index (κ3) is 2.71. The summed E-state index contributed by atoms with van der Waals surface area (Å²) in [6, 6.07) is 11.7. The summed E-state index contributed by atoms with van der Waals surface area (Å²) in [5.74, 6) is 0. The Hall–Kier alpha value is -2.96. The molecular formula is C18H18N4O3. The molecule has 0 aromatic heterocycles. The number of non-ortho nitro benzene ring substituents is 1. The Labute approximate surface area is 144 Å². The number of anilines is 2. The van der Waals surface area contributed by atoms with Crippen molar-refractivity contribution in [2.45, 2.75) is 37.8 Å². The van der Waals surface area contributed by atoms with Gasteiger partial charge in [-0.15, -0.1) is 0 Å². The van der Waals surface area contributed by atoms with Crippen molar-refractivity contribution < 1.29 is 4.92 Å². The molecule has 0 atom stereocenters. The zero-order chi connectivity index (χ0) is 17.4. The summed E-state index contributed by atoms with van der Waals surface area (Å²) >= 11 is 0. The van der Waals surface area contributed by atoms with E-state index in [4.69, 9.17) is 4.99 Å². The van der Waals surface area contributed by atoms with Crippen LogP contribution >= 0.6 is 0 Å². The maximum atomic E-state index is 12.7. The Morgan fingerprint density at radius 3 is 2.60 bits per heavy atom. The lowest BCUT2D eigenvalue weighted by molar-refractivity contribution is -0.384. The summed E-state index contributed by atoms with van der Waals surface area (Å²) in [6.45, 7) is 0. The second-order valence-electron chi connectivity index (χ2n) is 6.59. The predicted molar refractivity (Wildman–Crippen MR) is 94.0 cm³/mol. The van der Waals surface area contributed by atoms with Gasteiger partial charge in [0.05, 0.1) is 4.92 Å². The maximum absolute atomic E-state index is 12.7. The highest BCUT2D eigenvalue weighted by Crippen LogP contribution is 2.31. The number of nitro benzene ring substituents is 1. The van der Waals surface area contributed by atoms with Crippen LogP contribution in [0.4, 0.5) is 17.1 Å². The van der Waals surface area contributed by atoms with E-state index in [0.29, 0.717) is 16.4 Å². The van der Waals surface area contributed by atoms with E-state index < -0.39 is 10.6 Å². The molecular weight excluding hydrogens is 320 g/mol. The van der Waals surface area contributed by atoms with E-state index in [9.17, 15) is 15.3 Å². The van der Waals surface area contributed by atoms with Crippen LogP contribution in [0.25, 0.3) is 0 Å². The van der Waals surface area contributed by atoms with Gasteiger partial charge in [0, 0.05) is 42.4 Å². The first kappa shape index (κ1) is 15.6. The molecule has 0 saturated heterocycles. The van der Waals surface area contributed by atoms with Crippen molar-refractivity contribution in [1.82, 2.24) is 4.74 Å². The number of benzene rings is 2. The third-order valence-electron chi connectivity index (χ3n) is 4.90. The van der Waals surface area contributed by atoms with Crippen LogP contribution in [-0.2, 0) is 0 Å². The summed E-state index contributed by atoms with van der Waals surface area (Å²) < 4.78 is 1.07. The van der Waals surface area contributed by atoms with E-state index in [0.717, 1.165) is 42.5 Å². The van der Waals surface area contributed by atoms with Gasteiger partial charge in [0.2, 0.25) is 5.36 Å². The molecule has 0 unspecified atom stereocenters. The first-order valence-electron chi connectivity index (χ1n) is 8.43. The molecule has 1 N–H and O–H groups in total. The Morgan fingerprint density at radius 2 is 1.84 bits per heavy atom. The minimum Gasteiger partial charge on any atom is -0.622 e. The van der Waals surface area contributed by atoms with Crippen molar-refractivity contribution in [3.63, 3.8) is 0 Å². The van der Waals surface area contributed by atoms with Gasteiger partial charge in [0.1, 0.15) is 5.36 Å². The molecule has 7 heteroatoms. The first-order chi connectivity index (χ1) is 12.1. The fraction of sp³-hybridized carbons (Fsp3) is 0.333. The third-order valence-corrected chi connectivity index (χ3v) is 4.90. The lowest BCUT2D eigenvalue weighted by Gasteiger charge is -2.28. The van der Waals surface area contributed by atoms with Crippen LogP contribution in [0.1, 0.15) is 32.1 Å². The molecule has 2 aromatic rings. The van der Waals surface area contributed by atoms with Crippen LogP contribution < -0.4 is 20.8 Å². The number of hydrogen-bond acceptors (Lipinski definition) is 5. The molecule has 7 nitrogen and oxygen atoms in total. The number of hydrogen-bond donors (Lipinski definition) is 1. The van der Waals surface area contributed by atoms with Crippen molar-refractivity contribution in [1.29, 1.82) is 0 Å². The topological polar surface area (TPSA) is 93.6 Å². The van der Waals surface area contributed by atoms with Gasteiger partial charge in [0.15, 0.2) is 0 Å². The molecule has 0 amide bonds. The fourth-order valence-corrected chi connectivity index (χ4v) is 3.65. The van der Waals surface area contributed by atoms with Crippen LogP contribution in [0.3, 0.4) is 0 Å². The molecule has 1 spiro atoms. The van der Waals surface area contributed by atoms with Crippen molar-refractivity contribution in [3.05, 3.63) is 68.5 Å². The second kappa shape index (κ2) is 5.84. The van der Waals surface area contributed by atoms with Gasteiger partial charge < -0.3 is 10.5 Å². The first-order valence-corrected chi connectivity index (χ1v) is 8.43. The lowest BCUT2D eigenvalue weighted by Crippen LogP contribution is -2.44. The minimum atomic E-state index is -0.634. The Bertz CT molecular complexity index is 965. The largest absolute Gasteiger partial charge is 0.622 e. The number of nitrogens with one attached hydrogen (secondary N) is 1. The SMILES string of the molecule is O=[N+]([O-])c1cccc(Nc2ccc3c(c2)=NC2(CCCCC2)[N+]=3[O-])c1. The van der Waals surface area contributed by atoms with Gasteiger partial charge in [0.25, 0.3) is 11.4 Å². The smallest absolute Gasteiger partial charge is 0.271 e. The molecule has 0 radical (unpaired) electrons. The van der Waals surface area contributed by atoms with Crippen LogP contribution in [0, 0.1) is 15.3 Å². The predicted octanol–water partition coefficient (Wildman–Crippen LogP) is 2.62. The van der Waals surface area contributed by atoms with Gasteiger partial charge in [-0.2, -0.15) is 4.74 Å². The van der Waals surface area contributed by atoms with Gasteiger partial charge in [-0.1, -0.05) is 12.5 Å². The Morgan fingerprint density at radius 1 is 1.08 bits per heavy atom. The highest BCUT2D eigenvalue weighted by Gasteiger charge is 2.42. The molecule has 1 aliphatic heterocycles. The van der Waals surface area contributed by atoms with E-state index in [-0.39, 0.29) is 5.69 Å². The summed E-state index contributed by atoms with van der Waals surface area (Å²) in [5, 5.41) is 28.0. The molecule has 128 valence electrons. The molecule has 1 saturated carbocycles. The summed E-state index contributed by atoms with van der Waals surface area (Å²) in [7, 11) is 0. The molecule has 1 heterocycles. The van der Waals surface area contributed by atoms with Crippen LogP contribution in [0.2, 0.25) is 0 Å². The summed E-state index contributed by atoms with van der Waals surface area (Å²) in [4.78, 5) is 15.2. The Balaban J connectivity index is 1.68. The van der Waals surface area contributed by atoms with Crippen molar-refractivity contribution in [2.24, 2.45) is 4.99 Å². The van der Waals surface area contributed by atoms with E-state index in [1.165, 1.54) is 12.1 Å². The molecule has 4 rings (SSSR count). The van der Waals surface area contributed by atoms with E-state index in [1.54, 1.807) is 24.3 Å². The number of nitrogens with zero attached hydrogens (tertiary/aromatic N) is 3. The van der Waals surface area contributed by atoms with Gasteiger partial charge in [-0.05, 0) is 31.0 Å². The van der Waals surface area contributed by atoms with Crippen molar-refractivity contribution in [3.8, 4) is 0 Å². The van der Waals surface area contributed by atoms with Gasteiger partial charge >= 0.3 is 0 Å². The van der Waals surface area contributed by atoms with Gasteiger partial charge in [-0.3, -0.25) is 10.1 Å². The van der Waals surface area contributed by atoms with Crippen molar-refractivity contribution in [2.75, 3.05) is 5.32 Å². The maximum Gasteiger partial charge on any atom is 0.271 e. The average Bonchev–Trinajstić information content (AvgIpc) is 2.87. The molecule has 2 aromatic carbocycles. The lowest BCUT2D eigenvalue weighted by atomic mass is 9.90. The zero-order valence-electron chi connectivity index (χ0n) is 13.6. The number of fused-ring (bicyclic) bond motifs is 1. The minimum absolute atomic E-state index is 0.0303. The standard InChI is InChI=1S/C18H18N4O3/c23-21-17-8-7-14(19-13-5-4-6-15(11-13)22(24)25)12-16(17)20-18(21)9-2-1-3-10-18/h4-8,11-12,19H,1-3,9-10H2. The van der Waals surface area contributed by atoms with E-state index in [1.807, 2.05) is 6.07 Å². The average molecular weight is 338 g/mol. The number of nitro groups is 1. The molecule has 1 aliphatic carbocycles. The fourth-order valence-electron chi connectivity index (χ4n) is 3.65. The van der Waals surface area contributed by atoms with Crippen LogP contribution in [0.5, 0.6) is 0 Å². The van der Waals surface area contributed by atoms with E-state index >= 15 is 0 Å². The van der Waals surface area contributed by atoms with Crippen LogP contribution in [0.15, 0.2) is 47.5 Å². The molecule has 1 fully saturated rings. The Kier molecular flexibility index (Phi) is 3.63. The van der Waals surface area contributed by atoms with Gasteiger partial charge in [-0.25, -0.2) is 4.99 Å². The van der Waals surface area contributed by atoms with E-state index in [2.05, 4.69) is 5.32 Å². The molecule has 2 aliphatic rings. The molecule has 0 bridgehead atoms. The zero-order valence-corrected chi connectivity index (χ0v) is 13.6. The second-order valence-corrected chi connectivity index (χ2v) is 6.59. The normalized spacial score (nSPS) is 17.8. The number of rotatable bonds is 3. The summed E-state index contributed by atoms with van der Waals surface area (Å²) in [5.41, 5.74) is 0.774. The van der Waals surface area contributed by atoms with Crippen molar-refractivity contribution >= 4 is 17.1 Å². The number of hydroxylamine groups is 1. The monoisotopic (exact) mass is 338 g/mol. The van der Waals surface area contributed by atoms with Crippen LogP contribution in [-0.4, -0.2) is 10.6 Å². The highest BCUT2D eigenvalue weighted by molar-refractivity contribution is 5.62. The quantitative estimate of drug-likeness (QED) is 0.403. The highest BCUT2D eigenvalue weighted by atomic mass is 16.6. The summed E-state index contributed by atoms with van der Waals surface area (Å²) in [6.07, 6.45) is 4.78.